The summed E-state index contributed by atoms with van der Waals surface area (Å²) in [6, 6.07) is 24.1. The van der Waals surface area contributed by atoms with Gasteiger partial charge in [-0.05, 0) is 11.1 Å². The lowest BCUT2D eigenvalue weighted by molar-refractivity contribution is 0.103. The molecule has 0 fully saturated rings. The first kappa shape index (κ1) is 21.1. The van der Waals surface area contributed by atoms with Crippen LogP contribution >= 0.6 is 11.6 Å². The zero-order chi connectivity index (χ0) is 22.3. The third-order valence-electron chi connectivity index (χ3n) is 4.70. The molecule has 0 saturated carbocycles. The van der Waals surface area contributed by atoms with E-state index in [-0.39, 0.29) is 11.7 Å². The topological polar surface area (TPSA) is 86.4 Å². The lowest BCUT2D eigenvalue weighted by atomic mass is 9.98. The molecule has 0 aliphatic carbocycles. The van der Waals surface area contributed by atoms with Crippen LogP contribution in [-0.2, 0) is 4.84 Å². The van der Waals surface area contributed by atoms with Gasteiger partial charge in [0.25, 0.3) is 0 Å². The predicted octanol–water partition coefficient (Wildman–Crippen LogP) is 4.80. The van der Waals surface area contributed by atoms with Crippen LogP contribution in [0.15, 0.2) is 96.4 Å². The number of halogens is 1. The molecule has 0 aliphatic heterocycles. The van der Waals surface area contributed by atoms with Crippen molar-refractivity contribution in [1.29, 1.82) is 0 Å². The van der Waals surface area contributed by atoms with Gasteiger partial charge in [-0.2, -0.15) is 4.68 Å². The molecule has 1 heterocycles. The second-order valence-electron chi connectivity index (χ2n) is 6.73. The molecule has 3 aromatic carbocycles. The number of rotatable bonds is 6. The standard InChI is InChI=1S/C24H17ClN4O3/c25-16-22(27-32-24(31)29-15-14-26-28-29)19-10-6-17(7-11-19)18-8-12-21(13-9-18)23(30)20-4-2-1-3-5-20/h1-15H,16H2/b27-22+. The largest absolute Gasteiger partial charge is 0.462 e. The van der Waals surface area contributed by atoms with E-state index in [4.69, 9.17) is 16.4 Å². The lowest BCUT2D eigenvalue weighted by Crippen LogP contribution is -2.14. The van der Waals surface area contributed by atoms with E-state index in [0.29, 0.717) is 22.4 Å². The van der Waals surface area contributed by atoms with Crippen LogP contribution in [0.4, 0.5) is 4.79 Å². The van der Waals surface area contributed by atoms with Gasteiger partial charge in [0.2, 0.25) is 0 Å². The highest BCUT2D eigenvalue weighted by Crippen LogP contribution is 2.22. The molecular formula is C24H17ClN4O3. The number of aromatic nitrogens is 3. The first-order chi connectivity index (χ1) is 15.7. The Kier molecular flexibility index (Phi) is 6.48. The summed E-state index contributed by atoms with van der Waals surface area (Å²) in [5.41, 5.74) is 4.31. The minimum atomic E-state index is -0.785. The molecule has 1 aromatic heterocycles. The number of benzene rings is 3. The molecule has 158 valence electrons. The van der Waals surface area contributed by atoms with Crippen molar-refractivity contribution in [2.45, 2.75) is 0 Å². The Morgan fingerprint density at radius 3 is 2.00 bits per heavy atom. The second kappa shape index (κ2) is 9.80. The van der Waals surface area contributed by atoms with Crippen molar-refractivity contribution in [1.82, 2.24) is 15.0 Å². The number of hydrogen-bond acceptors (Lipinski definition) is 6. The summed E-state index contributed by atoms with van der Waals surface area (Å²) in [4.78, 5) is 29.3. The normalized spacial score (nSPS) is 11.2. The molecule has 0 N–H and O–H groups in total. The first-order valence-corrected chi connectivity index (χ1v) is 10.2. The number of nitrogens with zero attached hydrogens (tertiary/aromatic N) is 4. The van der Waals surface area contributed by atoms with Crippen molar-refractivity contribution >= 4 is 29.2 Å². The average molecular weight is 445 g/mol. The lowest BCUT2D eigenvalue weighted by Gasteiger charge is -2.07. The van der Waals surface area contributed by atoms with Gasteiger partial charge < -0.3 is 0 Å². The van der Waals surface area contributed by atoms with E-state index in [1.54, 1.807) is 12.1 Å². The van der Waals surface area contributed by atoms with Crippen LogP contribution in [-0.4, -0.2) is 38.5 Å². The van der Waals surface area contributed by atoms with Gasteiger partial charge in [-0.25, -0.2) is 4.79 Å². The highest BCUT2D eigenvalue weighted by atomic mass is 35.5. The fourth-order valence-corrected chi connectivity index (χ4v) is 3.22. The predicted molar refractivity (Wildman–Crippen MR) is 121 cm³/mol. The Morgan fingerprint density at radius 2 is 1.44 bits per heavy atom. The number of ketones is 1. The minimum absolute atomic E-state index is 0.0177. The fraction of sp³-hybridized carbons (Fsp3) is 0.0417. The molecule has 8 heteroatoms. The molecule has 0 unspecified atom stereocenters. The van der Waals surface area contributed by atoms with E-state index in [1.165, 1.54) is 12.4 Å². The number of carbonyl (C=O) groups is 2. The summed E-state index contributed by atoms with van der Waals surface area (Å²) < 4.78 is 0.921. The molecular weight excluding hydrogens is 428 g/mol. The van der Waals surface area contributed by atoms with Gasteiger partial charge in [0.15, 0.2) is 5.78 Å². The van der Waals surface area contributed by atoms with Crippen LogP contribution in [0.3, 0.4) is 0 Å². The summed E-state index contributed by atoms with van der Waals surface area (Å²) >= 11 is 5.98. The van der Waals surface area contributed by atoms with Gasteiger partial charge in [0.05, 0.1) is 18.3 Å². The van der Waals surface area contributed by atoms with Gasteiger partial charge in [-0.1, -0.05) is 89.2 Å². The molecule has 7 nitrogen and oxygen atoms in total. The van der Waals surface area contributed by atoms with Crippen molar-refractivity contribution in [3.05, 3.63) is 108 Å². The Labute approximate surface area is 188 Å². The van der Waals surface area contributed by atoms with Crippen LogP contribution in [0.5, 0.6) is 0 Å². The Morgan fingerprint density at radius 1 is 0.844 bits per heavy atom. The van der Waals surface area contributed by atoms with Crippen molar-refractivity contribution in [3.63, 3.8) is 0 Å². The summed E-state index contributed by atoms with van der Waals surface area (Å²) in [6.45, 7) is 0. The third kappa shape index (κ3) is 4.79. The average Bonchev–Trinajstić information content (AvgIpc) is 3.40. The molecule has 32 heavy (non-hydrogen) atoms. The van der Waals surface area contributed by atoms with E-state index in [9.17, 15) is 9.59 Å². The SMILES string of the molecule is O=C(c1ccccc1)c1ccc(-c2ccc(/C(CCl)=N/OC(=O)n3ccnn3)cc2)cc1. The molecule has 0 radical (unpaired) electrons. The van der Waals surface area contributed by atoms with Gasteiger partial charge in [-0.15, -0.1) is 16.7 Å². The van der Waals surface area contributed by atoms with Gasteiger partial charge in [0.1, 0.15) is 5.71 Å². The maximum absolute atomic E-state index is 12.6. The van der Waals surface area contributed by atoms with E-state index in [1.807, 2.05) is 66.7 Å². The molecule has 0 saturated heterocycles. The molecule has 0 aliphatic rings. The van der Waals surface area contributed by atoms with Crippen LogP contribution in [0.2, 0.25) is 0 Å². The number of oxime groups is 1. The Bertz CT molecular complexity index is 1240. The van der Waals surface area contributed by atoms with E-state index >= 15 is 0 Å². The van der Waals surface area contributed by atoms with Gasteiger partial charge >= 0.3 is 6.09 Å². The molecule has 0 bridgehead atoms. The van der Waals surface area contributed by atoms with Gasteiger partial charge in [0, 0.05) is 16.7 Å². The van der Waals surface area contributed by atoms with Gasteiger partial charge in [-0.3, -0.25) is 9.63 Å². The van der Waals surface area contributed by atoms with Crippen molar-refractivity contribution in [3.8, 4) is 11.1 Å². The highest BCUT2D eigenvalue weighted by molar-refractivity contribution is 6.31. The van der Waals surface area contributed by atoms with Crippen molar-refractivity contribution in [2.75, 3.05) is 5.88 Å². The monoisotopic (exact) mass is 444 g/mol. The van der Waals surface area contributed by atoms with E-state index in [2.05, 4.69) is 15.5 Å². The van der Waals surface area contributed by atoms with E-state index < -0.39 is 6.09 Å². The van der Waals surface area contributed by atoms with Crippen LogP contribution in [0.1, 0.15) is 21.5 Å². The van der Waals surface area contributed by atoms with Crippen LogP contribution in [0, 0.1) is 0 Å². The molecule has 0 atom stereocenters. The Balaban J connectivity index is 1.47. The molecule has 0 amide bonds. The third-order valence-corrected chi connectivity index (χ3v) is 4.96. The number of carbonyl (C=O) groups excluding carboxylic acids is 2. The van der Waals surface area contributed by atoms with E-state index in [0.717, 1.165) is 15.8 Å². The zero-order valence-corrected chi connectivity index (χ0v) is 17.5. The van der Waals surface area contributed by atoms with Crippen molar-refractivity contribution < 1.29 is 14.4 Å². The quantitative estimate of drug-likeness (QED) is 0.140. The minimum Gasteiger partial charge on any atom is -0.296 e. The maximum atomic E-state index is 12.6. The Hall–Kier alpha value is -4.10. The molecule has 4 rings (SSSR count). The number of hydrogen-bond donors (Lipinski definition) is 0. The molecule has 4 aromatic rings. The van der Waals surface area contributed by atoms with Crippen LogP contribution in [0.25, 0.3) is 11.1 Å². The first-order valence-electron chi connectivity index (χ1n) is 9.67. The zero-order valence-electron chi connectivity index (χ0n) is 16.8. The smallest absolute Gasteiger partial charge is 0.296 e. The second-order valence-corrected chi connectivity index (χ2v) is 6.99. The summed E-state index contributed by atoms with van der Waals surface area (Å²) in [6.07, 6.45) is 1.92. The number of alkyl halides is 1. The summed E-state index contributed by atoms with van der Waals surface area (Å²) in [7, 11) is 0. The highest BCUT2D eigenvalue weighted by Gasteiger charge is 2.11. The van der Waals surface area contributed by atoms with Crippen molar-refractivity contribution in [2.24, 2.45) is 5.16 Å². The fourth-order valence-electron chi connectivity index (χ4n) is 3.02. The molecule has 0 spiro atoms. The summed E-state index contributed by atoms with van der Waals surface area (Å²) in [5, 5.41) is 10.9. The maximum Gasteiger partial charge on any atom is 0.462 e. The van der Waals surface area contributed by atoms with Crippen LogP contribution < -0.4 is 0 Å². The summed E-state index contributed by atoms with van der Waals surface area (Å²) in [5.74, 6) is 0.0382.